The van der Waals surface area contributed by atoms with Gasteiger partial charge < -0.3 is 4.55 Å². The molecule has 0 rings (SSSR count). The smallest absolute Gasteiger partial charge is 0.748 e. The minimum absolute atomic E-state index is 0. The summed E-state index contributed by atoms with van der Waals surface area (Å²) in [6.45, 7) is 2.21. The van der Waals surface area contributed by atoms with Gasteiger partial charge in [0.2, 0.25) is 0 Å². The second kappa shape index (κ2) is 14.0. The molecule has 0 radical (unpaired) electrons. The van der Waals surface area contributed by atoms with Crippen LogP contribution >= 0.6 is 0 Å². The van der Waals surface area contributed by atoms with E-state index < -0.39 is 10.1 Å². The quantitative estimate of drug-likeness (QED) is 0.315. The second-order valence-electron chi connectivity index (χ2n) is 4.44. The van der Waals surface area contributed by atoms with E-state index in [4.69, 9.17) is 0 Å². The topological polar surface area (TPSA) is 57.2 Å². The normalized spacial score (nSPS) is 11.2. The van der Waals surface area contributed by atoms with Crippen LogP contribution < -0.4 is 51.4 Å². The molecule has 3 nitrogen and oxygen atoms in total. The van der Waals surface area contributed by atoms with Gasteiger partial charge in [-0.15, -0.1) is 0 Å². The summed E-state index contributed by atoms with van der Waals surface area (Å²) < 4.78 is 30.9. The van der Waals surface area contributed by atoms with Crippen LogP contribution in [0.5, 0.6) is 0 Å². The van der Waals surface area contributed by atoms with Crippen LogP contribution in [0.25, 0.3) is 0 Å². The summed E-state index contributed by atoms with van der Waals surface area (Å²) in [5.41, 5.74) is 0. The van der Waals surface area contributed by atoms with Crippen LogP contribution in [0.2, 0.25) is 0 Å². The van der Waals surface area contributed by atoms with Crippen molar-refractivity contribution in [2.75, 3.05) is 5.75 Å². The van der Waals surface area contributed by atoms with Crippen molar-refractivity contribution in [1.82, 2.24) is 0 Å². The van der Waals surface area contributed by atoms with E-state index in [-0.39, 0.29) is 57.1 Å². The van der Waals surface area contributed by atoms with E-state index >= 15 is 0 Å². The first-order valence-electron chi connectivity index (χ1n) is 6.50. The van der Waals surface area contributed by atoms with Crippen molar-refractivity contribution in [3.05, 3.63) is 0 Å². The summed E-state index contributed by atoms with van der Waals surface area (Å²) in [5.74, 6) is -0.191. The molecule has 0 aromatic heterocycles. The zero-order chi connectivity index (χ0) is 12.3. The van der Waals surface area contributed by atoms with Crippen LogP contribution in [0.4, 0.5) is 0 Å². The third-order valence-electron chi connectivity index (χ3n) is 2.75. The van der Waals surface area contributed by atoms with Gasteiger partial charge in [0.15, 0.2) is 0 Å². The Balaban J connectivity index is 0. The largest absolute Gasteiger partial charge is 1.00 e. The number of rotatable bonds is 11. The molecule has 5 heteroatoms. The Morgan fingerprint density at radius 2 is 1.12 bits per heavy atom. The minimum Gasteiger partial charge on any atom is -0.748 e. The third kappa shape index (κ3) is 20.0. The molecule has 0 aliphatic heterocycles. The Morgan fingerprint density at radius 3 is 1.47 bits per heavy atom. The standard InChI is InChI=1S/C12H26O3S.K/c1-2-3-4-5-6-7-8-9-10-11-12-16(13,14)15;/h2-12H2,1H3,(H,13,14,15);/q;+1/p-1. The minimum atomic E-state index is -3.98. The predicted octanol–water partition coefficient (Wildman–Crippen LogP) is 0.457. The Hall–Kier alpha value is 1.55. The van der Waals surface area contributed by atoms with Gasteiger partial charge in [-0.05, 0) is 6.42 Å². The number of hydrogen-bond acceptors (Lipinski definition) is 3. The molecule has 98 valence electrons. The first-order chi connectivity index (χ1) is 7.56. The van der Waals surface area contributed by atoms with Crippen molar-refractivity contribution >= 4 is 10.1 Å². The van der Waals surface area contributed by atoms with E-state index in [0.717, 1.165) is 12.8 Å². The molecule has 0 aliphatic rings. The zero-order valence-electron chi connectivity index (χ0n) is 11.4. The molecule has 0 amide bonds. The molecule has 0 spiro atoms. The van der Waals surface area contributed by atoms with Gasteiger partial charge in [-0.2, -0.15) is 0 Å². The summed E-state index contributed by atoms with van der Waals surface area (Å²) >= 11 is 0. The van der Waals surface area contributed by atoms with Gasteiger partial charge >= 0.3 is 51.4 Å². The molecular weight excluding hydrogens is 263 g/mol. The third-order valence-corrected chi connectivity index (χ3v) is 3.54. The van der Waals surface area contributed by atoms with Crippen molar-refractivity contribution in [1.29, 1.82) is 0 Å². The molecule has 0 saturated carbocycles. The van der Waals surface area contributed by atoms with Gasteiger partial charge in [0.1, 0.15) is 0 Å². The fourth-order valence-electron chi connectivity index (χ4n) is 1.77. The second-order valence-corrected chi connectivity index (χ2v) is 5.97. The Kier molecular flexibility index (Phi) is 17.1. The maximum atomic E-state index is 10.3. The van der Waals surface area contributed by atoms with E-state index in [1.807, 2.05) is 0 Å². The molecule has 0 atom stereocenters. The molecule has 0 saturated heterocycles. The van der Waals surface area contributed by atoms with Gasteiger partial charge in [0, 0.05) is 5.75 Å². The van der Waals surface area contributed by atoms with Crippen LogP contribution in [0.3, 0.4) is 0 Å². The van der Waals surface area contributed by atoms with Crippen LogP contribution in [0.15, 0.2) is 0 Å². The van der Waals surface area contributed by atoms with Gasteiger partial charge in [0.25, 0.3) is 0 Å². The van der Waals surface area contributed by atoms with Gasteiger partial charge in [-0.1, -0.05) is 64.7 Å². The fourth-order valence-corrected chi connectivity index (χ4v) is 2.32. The molecule has 0 unspecified atom stereocenters. The van der Waals surface area contributed by atoms with Crippen LogP contribution in [-0.2, 0) is 10.1 Å². The van der Waals surface area contributed by atoms with Crippen molar-refractivity contribution in [3.63, 3.8) is 0 Å². The maximum Gasteiger partial charge on any atom is 1.00 e. The van der Waals surface area contributed by atoms with Crippen LogP contribution in [-0.4, -0.2) is 18.7 Å². The summed E-state index contributed by atoms with van der Waals surface area (Å²) in [5, 5.41) is 0. The summed E-state index contributed by atoms with van der Waals surface area (Å²) in [6, 6.07) is 0. The molecule has 0 N–H and O–H groups in total. The fraction of sp³-hybridized carbons (Fsp3) is 1.00. The predicted molar refractivity (Wildman–Crippen MR) is 66.4 cm³/mol. The Morgan fingerprint density at radius 1 is 0.765 bits per heavy atom. The van der Waals surface area contributed by atoms with E-state index in [1.165, 1.54) is 44.9 Å². The SMILES string of the molecule is CCCCCCCCCCCCS(=O)(=O)[O-].[K+]. The molecule has 0 heterocycles. The van der Waals surface area contributed by atoms with E-state index in [0.29, 0.717) is 6.42 Å². The monoisotopic (exact) mass is 288 g/mol. The van der Waals surface area contributed by atoms with E-state index in [9.17, 15) is 13.0 Å². The van der Waals surface area contributed by atoms with Crippen molar-refractivity contribution in [2.24, 2.45) is 0 Å². The number of hydrogen-bond donors (Lipinski definition) is 0. The Bertz CT molecular complexity index is 240. The zero-order valence-corrected chi connectivity index (χ0v) is 15.4. The molecular formula is C12H25KO3S. The molecule has 0 fully saturated rings. The van der Waals surface area contributed by atoms with Gasteiger partial charge in [0.05, 0.1) is 10.1 Å². The molecule has 0 aromatic carbocycles. The molecule has 0 bridgehead atoms. The van der Waals surface area contributed by atoms with Gasteiger partial charge in [-0.3, -0.25) is 0 Å². The Labute approximate surface area is 149 Å². The van der Waals surface area contributed by atoms with Crippen molar-refractivity contribution in [3.8, 4) is 0 Å². The molecule has 0 aliphatic carbocycles. The average Bonchev–Trinajstić information content (AvgIpc) is 2.19. The van der Waals surface area contributed by atoms with Crippen molar-refractivity contribution in [2.45, 2.75) is 71.1 Å². The van der Waals surface area contributed by atoms with Crippen LogP contribution in [0, 0.1) is 0 Å². The van der Waals surface area contributed by atoms with Crippen LogP contribution in [0.1, 0.15) is 71.1 Å². The maximum absolute atomic E-state index is 10.3. The molecule has 0 aromatic rings. The molecule has 17 heavy (non-hydrogen) atoms. The van der Waals surface area contributed by atoms with E-state index in [1.54, 1.807) is 0 Å². The summed E-state index contributed by atoms with van der Waals surface area (Å²) in [7, 11) is -3.98. The summed E-state index contributed by atoms with van der Waals surface area (Å²) in [6.07, 6.45) is 11.4. The average molecular weight is 288 g/mol. The van der Waals surface area contributed by atoms with Crippen molar-refractivity contribution < 1.29 is 64.4 Å². The van der Waals surface area contributed by atoms with Gasteiger partial charge in [-0.25, -0.2) is 8.42 Å². The first kappa shape index (κ1) is 20.9. The summed E-state index contributed by atoms with van der Waals surface area (Å²) in [4.78, 5) is 0. The number of unbranched alkanes of at least 4 members (excludes halogenated alkanes) is 9. The van der Waals surface area contributed by atoms with E-state index in [2.05, 4.69) is 6.92 Å². The first-order valence-corrected chi connectivity index (χ1v) is 8.07.